The van der Waals surface area contributed by atoms with Gasteiger partial charge in [-0.3, -0.25) is 4.79 Å². The van der Waals surface area contributed by atoms with E-state index in [0.29, 0.717) is 0 Å². The Kier molecular flexibility index (Phi) is 2.86. The molecular formula is C16H15F6N5O. The van der Waals surface area contributed by atoms with Gasteiger partial charge in [0, 0.05) is 34.2 Å². The van der Waals surface area contributed by atoms with Crippen LogP contribution in [-0.2, 0) is 30.4 Å². The SMILES string of the molecule is [2H]c1c(F)c(F)c([2H])c(C[C@@H](N)C([2H])([2H])C(=O)N2C([2H])([2H])c3nnc(C(F)(F)F)n3C([2H])([2H])C2([2H])[2H])c1F. The van der Waals surface area contributed by atoms with Gasteiger partial charge >= 0.3 is 6.18 Å². The van der Waals surface area contributed by atoms with Crippen molar-refractivity contribution in [2.45, 2.75) is 38.0 Å². The zero-order valence-corrected chi connectivity index (χ0v) is 13.3. The number of rotatable bonds is 4. The normalized spacial score (nSPS) is 26.6. The van der Waals surface area contributed by atoms with Crippen molar-refractivity contribution in [3.63, 3.8) is 0 Å². The summed E-state index contributed by atoms with van der Waals surface area (Å²) in [5.41, 5.74) is 4.44. The molecule has 2 N–H and O–H groups in total. The number of halogens is 6. The number of carbonyl (C=O) groups is 1. The van der Waals surface area contributed by atoms with Gasteiger partial charge in [0.25, 0.3) is 0 Å². The molecule has 1 aromatic heterocycles. The zero-order chi connectivity index (χ0) is 29.5. The van der Waals surface area contributed by atoms with Crippen LogP contribution in [0.15, 0.2) is 12.1 Å². The molecule has 0 fully saturated rings. The van der Waals surface area contributed by atoms with Crippen molar-refractivity contribution in [2.75, 3.05) is 6.50 Å². The van der Waals surface area contributed by atoms with E-state index < -0.39 is 107 Å². The molecule has 0 aliphatic carbocycles. The molecule has 3 rings (SSSR count). The van der Waals surface area contributed by atoms with E-state index in [2.05, 4.69) is 10.2 Å². The van der Waals surface area contributed by atoms with Crippen LogP contribution in [-0.4, -0.2) is 38.1 Å². The second-order valence-electron chi connectivity index (χ2n) is 5.28. The first-order chi connectivity index (χ1) is 16.9. The van der Waals surface area contributed by atoms with Gasteiger partial charge in [-0.05, 0) is 18.0 Å². The number of hydrogen-bond donors (Lipinski definition) is 1. The van der Waals surface area contributed by atoms with Crippen LogP contribution in [0.25, 0.3) is 0 Å². The maximum absolute atomic E-state index is 14.4. The number of hydrogen-bond acceptors (Lipinski definition) is 4. The second kappa shape index (κ2) is 7.41. The summed E-state index contributed by atoms with van der Waals surface area (Å²) in [6.45, 7) is -11.8. The highest BCUT2D eigenvalue weighted by Crippen LogP contribution is 2.29. The second-order valence-corrected chi connectivity index (χ2v) is 5.28. The highest BCUT2D eigenvalue weighted by molar-refractivity contribution is 5.76. The van der Waals surface area contributed by atoms with Gasteiger partial charge in [0.1, 0.15) is 5.82 Å². The fourth-order valence-electron chi connectivity index (χ4n) is 2.08. The third-order valence-corrected chi connectivity index (χ3v) is 3.28. The predicted molar refractivity (Wildman–Crippen MR) is 83.1 cm³/mol. The number of amides is 1. The van der Waals surface area contributed by atoms with Gasteiger partial charge in [0.2, 0.25) is 11.7 Å². The molecule has 12 heteroatoms. The average Bonchev–Trinajstić information content (AvgIpc) is 3.26. The topological polar surface area (TPSA) is 77.0 Å². The van der Waals surface area contributed by atoms with Gasteiger partial charge in [-0.15, -0.1) is 10.2 Å². The fourth-order valence-corrected chi connectivity index (χ4v) is 2.08. The number of benzene rings is 1. The first kappa shape index (κ1) is 10.8. The zero-order valence-electron chi connectivity index (χ0n) is 23.3. The van der Waals surface area contributed by atoms with Gasteiger partial charge in [-0.25, -0.2) is 13.2 Å². The largest absolute Gasteiger partial charge is 0.451 e. The lowest BCUT2D eigenvalue weighted by molar-refractivity contribution is -0.148. The first-order valence-electron chi connectivity index (χ1n) is 12.2. The lowest BCUT2D eigenvalue weighted by Crippen LogP contribution is -2.42. The lowest BCUT2D eigenvalue weighted by atomic mass is 10.0. The Morgan fingerprint density at radius 3 is 2.61 bits per heavy atom. The number of nitrogens with two attached hydrogens (primary N) is 1. The van der Waals surface area contributed by atoms with E-state index in [0.717, 1.165) is 0 Å². The minimum atomic E-state index is -5.45. The Morgan fingerprint density at radius 2 is 1.93 bits per heavy atom. The van der Waals surface area contributed by atoms with Crippen molar-refractivity contribution in [1.29, 1.82) is 0 Å². The van der Waals surface area contributed by atoms with E-state index in [9.17, 15) is 31.1 Å². The van der Waals surface area contributed by atoms with Crippen LogP contribution in [0.1, 0.15) is 37.3 Å². The summed E-state index contributed by atoms with van der Waals surface area (Å²) in [7, 11) is 0. The van der Waals surface area contributed by atoms with Crippen LogP contribution in [0.5, 0.6) is 0 Å². The molecule has 0 bridgehead atoms. The molecule has 1 amide bonds. The van der Waals surface area contributed by atoms with Gasteiger partial charge in [0.05, 0.1) is 17.5 Å². The number of carbonyl (C=O) groups excluding carboxylic acids is 1. The van der Waals surface area contributed by atoms with Gasteiger partial charge in [-0.2, -0.15) is 13.2 Å². The van der Waals surface area contributed by atoms with Crippen molar-refractivity contribution in [2.24, 2.45) is 5.73 Å². The molecule has 1 aliphatic heterocycles. The Hall–Kier alpha value is -2.63. The van der Waals surface area contributed by atoms with Crippen LogP contribution in [0.2, 0.25) is 0 Å². The Morgan fingerprint density at radius 1 is 1.25 bits per heavy atom. The maximum atomic E-state index is 14.4. The van der Waals surface area contributed by atoms with E-state index in [1.165, 1.54) is 0 Å². The molecule has 0 spiro atoms. The quantitative estimate of drug-likeness (QED) is 0.610. The third-order valence-electron chi connectivity index (χ3n) is 3.28. The highest BCUT2D eigenvalue weighted by atomic mass is 19.4. The Bertz CT molecular complexity index is 1290. The monoisotopic (exact) mass is 417 g/mol. The summed E-state index contributed by atoms with van der Waals surface area (Å²) >= 11 is 0. The lowest BCUT2D eigenvalue weighted by Gasteiger charge is -2.29. The molecule has 6 nitrogen and oxygen atoms in total. The molecule has 0 saturated heterocycles. The summed E-state index contributed by atoms with van der Waals surface area (Å²) in [5, 5.41) is 5.56. The van der Waals surface area contributed by atoms with Crippen LogP contribution in [0.4, 0.5) is 26.3 Å². The van der Waals surface area contributed by atoms with Gasteiger partial charge in [0.15, 0.2) is 17.5 Å². The van der Waals surface area contributed by atoms with Crippen LogP contribution < -0.4 is 5.73 Å². The predicted octanol–water partition coefficient (Wildman–Crippen LogP) is 2.02. The molecule has 1 aliphatic rings. The molecular weight excluding hydrogens is 392 g/mol. The highest BCUT2D eigenvalue weighted by Gasteiger charge is 2.39. The van der Waals surface area contributed by atoms with E-state index in [4.69, 9.17) is 19.4 Å². The smallest absolute Gasteiger partial charge is 0.333 e. The summed E-state index contributed by atoms with van der Waals surface area (Å²) < 4.78 is 160. The van der Waals surface area contributed by atoms with Crippen LogP contribution in [0.3, 0.4) is 0 Å². The molecule has 1 atom stereocenters. The van der Waals surface area contributed by atoms with E-state index in [1.54, 1.807) is 0 Å². The third kappa shape index (κ3) is 4.11. The first-order valence-corrected chi connectivity index (χ1v) is 7.21. The Labute approximate surface area is 169 Å². The number of nitrogens with zero attached hydrogens (tertiary/aromatic N) is 4. The number of aromatic nitrogens is 3. The van der Waals surface area contributed by atoms with E-state index in [-0.39, 0.29) is 0 Å². The number of fused-ring (bicyclic) bond motifs is 1. The number of alkyl halides is 3. The average molecular weight is 417 g/mol. The molecule has 28 heavy (non-hydrogen) atoms. The van der Waals surface area contributed by atoms with Crippen LogP contribution in [0, 0.1) is 17.5 Å². The fraction of sp³-hybridized carbons (Fsp3) is 0.438. The van der Waals surface area contributed by atoms with Gasteiger partial charge < -0.3 is 15.2 Å². The van der Waals surface area contributed by atoms with Crippen molar-refractivity contribution in [3.8, 4) is 0 Å². The summed E-state index contributed by atoms with van der Waals surface area (Å²) in [6, 6.07) is -5.52. The van der Waals surface area contributed by atoms with Gasteiger partial charge in [-0.1, -0.05) is 0 Å². The minimum absolute atomic E-state index is 0.551. The molecule has 0 saturated carbocycles. The van der Waals surface area contributed by atoms with E-state index in [1.807, 2.05) is 0 Å². The molecule has 2 aromatic rings. The van der Waals surface area contributed by atoms with Crippen molar-refractivity contribution in [1.82, 2.24) is 19.7 Å². The molecule has 152 valence electrons. The molecule has 0 radical (unpaired) electrons. The summed E-state index contributed by atoms with van der Waals surface area (Å²) in [6.07, 6.45) is -10.4. The van der Waals surface area contributed by atoms with Crippen molar-refractivity contribution < 1.29 is 44.8 Å². The molecule has 2 heterocycles. The standard InChI is InChI=1S/C16H15F6N5O/c17-10-6-12(19)11(18)4-8(10)3-9(23)5-14(28)26-1-2-27-13(7-26)24-25-15(27)16(20,21)22/h4,6,9H,1-3,5,7,23H2/t9-/m1/s1/i1D2,2D2,4D,5D2,6D,7D2. The van der Waals surface area contributed by atoms with E-state index >= 15 is 0 Å². The van der Waals surface area contributed by atoms with Crippen molar-refractivity contribution in [3.05, 3.63) is 46.7 Å². The van der Waals surface area contributed by atoms with Crippen LogP contribution >= 0.6 is 0 Å². The maximum Gasteiger partial charge on any atom is 0.451 e. The molecule has 1 aromatic carbocycles. The van der Waals surface area contributed by atoms with Crippen molar-refractivity contribution >= 4 is 5.91 Å². The Balaban J connectivity index is 2.12. The molecule has 0 unspecified atom stereocenters. The summed E-state index contributed by atoms with van der Waals surface area (Å²) in [4.78, 5) is 12.5. The minimum Gasteiger partial charge on any atom is -0.333 e. The summed E-state index contributed by atoms with van der Waals surface area (Å²) in [5.74, 6) is -11.9.